The Bertz CT molecular complexity index is 1170. The van der Waals surface area contributed by atoms with E-state index in [0.29, 0.717) is 34.5 Å². The number of carboxylic acids is 1. The molecule has 0 aliphatic rings. The highest BCUT2D eigenvalue weighted by molar-refractivity contribution is 5.94. The second-order valence-corrected chi connectivity index (χ2v) is 7.42. The van der Waals surface area contributed by atoms with E-state index in [1.807, 2.05) is 19.1 Å². The number of aliphatic carboxylic acids is 1. The quantitative estimate of drug-likeness (QED) is 0.491. The van der Waals surface area contributed by atoms with Crippen LogP contribution in [0.1, 0.15) is 20.3 Å². The monoisotopic (exact) mass is 439 g/mol. The van der Waals surface area contributed by atoms with E-state index in [4.69, 9.17) is 13.9 Å². The van der Waals surface area contributed by atoms with Gasteiger partial charge in [-0.2, -0.15) is 0 Å². The Morgan fingerprint density at radius 2 is 1.78 bits per heavy atom. The molecule has 2 atom stereocenters. The van der Waals surface area contributed by atoms with Crippen molar-refractivity contribution in [3.63, 3.8) is 0 Å². The average Bonchev–Trinajstić information content (AvgIpc) is 2.79. The van der Waals surface area contributed by atoms with Gasteiger partial charge in [-0.1, -0.05) is 32.4 Å². The van der Waals surface area contributed by atoms with Crippen LogP contribution in [0.25, 0.3) is 22.1 Å². The fourth-order valence-corrected chi connectivity index (χ4v) is 3.29. The lowest BCUT2D eigenvalue weighted by Gasteiger charge is -2.20. The van der Waals surface area contributed by atoms with E-state index in [0.717, 1.165) is 5.56 Å². The maximum atomic E-state index is 12.2. The van der Waals surface area contributed by atoms with Gasteiger partial charge in [-0.15, -0.1) is 0 Å². The fourth-order valence-electron chi connectivity index (χ4n) is 3.29. The number of nitrogens with one attached hydrogen (secondary N) is 1. The summed E-state index contributed by atoms with van der Waals surface area (Å²) in [5.74, 6) is -0.841. The van der Waals surface area contributed by atoms with Gasteiger partial charge in [-0.3, -0.25) is 4.79 Å². The summed E-state index contributed by atoms with van der Waals surface area (Å²) in [5, 5.41) is 12.5. The van der Waals surface area contributed by atoms with Crippen LogP contribution >= 0.6 is 0 Å². The first-order valence-electron chi connectivity index (χ1n) is 10.2. The molecular formula is C24H25NO7. The number of rotatable bonds is 9. The zero-order valence-electron chi connectivity index (χ0n) is 18.1. The smallest absolute Gasteiger partial charge is 0.336 e. The van der Waals surface area contributed by atoms with Crippen LogP contribution in [-0.2, 0) is 9.59 Å². The molecule has 2 N–H and O–H groups in total. The normalized spacial score (nSPS) is 12.7. The van der Waals surface area contributed by atoms with Crippen molar-refractivity contribution >= 4 is 22.8 Å². The molecule has 0 bridgehead atoms. The van der Waals surface area contributed by atoms with Crippen molar-refractivity contribution in [1.82, 2.24) is 5.32 Å². The number of benzene rings is 2. The highest BCUT2D eigenvalue weighted by Gasteiger charge is 2.25. The van der Waals surface area contributed by atoms with Crippen molar-refractivity contribution in [2.24, 2.45) is 5.92 Å². The third-order valence-corrected chi connectivity index (χ3v) is 5.28. The second kappa shape index (κ2) is 10.00. The van der Waals surface area contributed by atoms with Crippen molar-refractivity contribution in [2.75, 3.05) is 13.7 Å². The van der Waals surface area contributed by atoms with Gasteiger partial charge in [-0.25, -0.2) is 9.59 Å². The highest BCUT2D eigenvalue weighted by Crippen LogP contribution is 2.30. The number of methoxy groups -OCH3 is 1. The first-order chi connectivity index (χ1) is 15.3. The van der Waals surface area contributed by atoms with Gasteiger partial charge in [0, 0.05) is 17.5 Å². The molecular weight excluding hydrogens is 414 g/mol. The Balaban J connectivity index is 1.79. The van der Waals surface area contributed by atoms with Crippen LogP contribution in [0.15, 0.2) is 57.7 Å². The first kappa shape index (κ1) is 22.9. The van der Waals surface area contributed by atoms with Gasteiger partial charge in [0.05, 0.1) is 7.11 Å². The molecule has 168 valence electrons. The zero-order valence-corrected chi connectivity index (χ0v) is 18.1. The van der Waals surface area contributed by atoms with Crippen LogP contribution in [0.3, 0.4) is 0 Å². The molecule has 0 aliphatic heterocycles. The van der Waals surface area contributed by atoms with Crippen LogP contribution < -0.4 is 20.4 Å². The summed E-state index contributed by atoms with van der Waals surface area (Å²) in [7, 11) is 1.58. The largest absolute Gasteiger partial charge is 0.497 e. The van der Waals surface area contributed by atoms with Gasteiger partial charge < -0.3 is 24.3 Å². The first-order valence-corrected chi connectivity index (χ1v) is 10.2. The summed E-state index contributed by atoms with van der Waals surface area (Å²) in [4.78, 5) is 35.6. The number of carboxylic acid groups (broad SMARTS) is 1. The number of fused-ring (bicyclic) bond motifs is 1. The molecule has 3 rings (SSSR count). The Morgan fingerprint density at radius 3 is 2.41 bits per heavy atom. The Labute approximate surface area is 184 Å². The fraction of sp³-hybridized carbons (Fsp3) is 0.292. The van der Waals surface area contributed by atoms with Gasteiger partial charge in [0.2, 0.25) is 0 Å². The lowest BCUT2D eigenvalue weighted by atomic mass is 9.99. The van der Waals surface area contributed by atoms with Crippen molar-refractivity contribution in [2.45, 2.75) is 26.3 Å². The van der Waals surface area contributed by atoms with Gasteiger partial charge in [-0.05, 0) is 41.3 Å². The predicted octanol–water partition coefficient (Wildman–Crippen LogP) is 3.46. The lowest BCUT2D eigenvalue weighted by molar-refractivity contribution is -0.143. The van der Waals surface area contributed by atoms with E-state index in [1.54, 1.807) is 38.3 Å². The maximum absolute atomic E-state index is 12.2. The third-order valence-electron chi connectivity index (χ3n) is 5.28. The molecule has 0 unspecified atom stereocenters. The van der Waals surface area contributed by atoms with E-state index in [-0.39, 0.29) is 12.5 Å². The molecule has 1 aromatic heterocycles. The topological polar surface area (TPSA) is 115 Å². The number of hydrogen-bond acceptors (Lipinski definition) is 6. The van der Waals surface area contributed by atoms with Crippen LogP contribution in [0.4, 0.5) is 0 Å². The minimum Gasteiger partial charge on any atom is -0.497 e. The molecule has 2 aromatic carbocycles. The molecule has 8 nitrogen and oxygen atoms in total. The zero-order chi connectivity index (χ0) is 23.3. The van der Waals surface area contributed by atoms with Gasteiger partial charge in [0.1, 0.15) is 23.1 Å². The summed E-state index contributed by atoms with van der Waals surface area (Å²) < 4.78 is 16.0. The summed E-state index contributed by atoms with van der Waals surface area (Å²) >= 11 is 0. The molecule has 8 heteroatoms. The van der Waals surface area contributed by atoms with E-state index in [2.05, 4.69) is 5.32 Å². The molecule has 1 amide bonds. The van der Waals surface area contributed by atoms with Gasteiger partial charge in [0.25, 0.3) is 5.91 Å². The highest BCUT2D eigenvalue weighted by atomic mass is 16.5. The number of ether oxygens (including phenoxy) is 2. The molecule has 0 radical (unpaired) electrons. The number of carbonyl (C=O) groups excluding carboxylic acids is 1. The third kappa shape index (κ3) is 5.26. The second-order valence-electron chi connectivity index (χ2n) is 7.42. The van der Waals surface area contributed by atoms with Crippen LogP contribution in [-0.4, -0.2) is 36.7 Å². The molecule has 0 saturated heterocycles. The summed E-state index contributed by atoms with van der Waals surface area (Å²) in [6, 6.07) is 12.6. The van der Waals surface area contributed by atoms with Crippen molar-refractivity contribution in [3.05, 3.63) is 59.0 Å². The molecule has 1 heterocycles. The van der Waals surface area contributed by atoms with E-state index in [9.17, 15) is 19.5 Å². The molecule has 0 aliphatic carbocycles. The van der Waals surface area contributed by atoms with E-state index in [1.165, 1.54) is 12.1 Å². The van der Waals surface area contributed by atoms with Crippen LogP contribution in [0.2, 0.25) is 0 Å². The van der Waals surface area contributed by atoms with Crippen LogP contribution in [0, 0.1) is 5.92 Å². The minimum atomic E-state index is -1.09. The maximum Gasteiger partial charge on any atom is 0.336 e. The number of amides is 1. The summed E-state index contributed by atoms with van der Waals surface area (Å²) in [6.07, 6.45) is 0.609. The van der Waals surface area contributed by atoms with E-state index < -0.39 is 23.5 Å². The van der Waals surface area contributed by atoms with E-state index >= 15 is 0 Å². The SMILES string of the molecule is CC[C@@H](C)[C@H](NC(=O)COc1ccc2c(-c3ccc(OC)cc3)cc(=O)oc2c1)C(=O)O. The molecule has 32 heavy (non-hydrogen) atoms. The number of carbonyl (C=O) groups is 2. The van der Waals surface area contributed by atoms with Crippen molar-refractivity contribution < 1.29 is 28.6 Å². The van der Waals surface area contributed by atoms with Crippen molar-refractivity contribution in [3.8, 4) is 22.6 Å². The van der Waals surface area contributed by atoms with Crippen LogP contribution in [0.5, 0.6) is 11.5 Å². The van der Waals surface area contributed by atoms with Gasteiger partial charge in [0.15, 0.2) is 6.61 Å². The Morgan fingerprint density at radius 1 is 1.09 bits per heavy atom. The van der Waals surface area contributed by atoms with Gasteiger partial charge >= 0.3 is 11.6 Å². The summed E-state index contributed by atoms with van der Waals surface area (Å²) in [6.45, 7) is 3.24. The number of hydrogen-bond donors (Lipinski definition) is 2. The molecule has 0 spiro atoms. The van der Waals surface area contributed by atoms with Crippen molar-refractivity contribution in [1.29, 1.82) is 0 Å². The Hall–Kier alpha value is -3.81. The average molecular weight is 439 g/mol. The minimum absolute atomic E-state index is 0.220. The standard InChI is InChI=1S/C24H25NO7/c1-4-14(2)23(24(28)29)25-21(26)13-31-17-9-10-18-19(12-22(27)32-20(18)11-17)15-5-7-16(30-3)8-6-15/h5-12,14,23H,4,13H2,1-3H3,(H,25,26)(H,28,29)/t14-,23+/m1/s1. The molecule has 0 saturated carbocycles. The Kier molecular flexibility index (Phi) is 7.14. The molecule has 0 fully saturated rings. The molecule has 3 aromatic rings. The predicted molar refractivity (Wildman–Crippen MR) is 119 cm³/mol. The lowest BCUT2D eigenvalue weighted by Crippen LogP contribution is -2.46. The summed E-state index contributed by atoms with van der Waals surface area (Å²) in [5.41, 5.74) is 1.31.